The highest BCUT2D eigenvalue weighted by atomic mass is 16.5. The number of nitrogens with two attached hydrogens (primary N) is 1. The quantitative estimate of drug-likeness (QED) is 0.738. The molecule has 2 aromatic rings. The summed E-state index contributed by atoms with van der Waals surface area (Å²) < 4.78 is 5.79. The van der Waals surface area contributed by atoms with Crippen LogP contribution < -0.4 is 20.3 Å². The van der Waals surface area contributed by atoms with E-state index in [0.717, 1.165) is 67.2 Å². The van der Waals surface area contributed by atoms with Gasteiger partial charge in [0.15, 0.2) is 11.6 Å². The number of aliphatic hydroxyl groups excluding tert-OH is 1. The number of para-hydroxylation sites is 2. The number of hydrogen-bond donors (Lipinski definition) is 2. The number of rotatable bonds is 6. The van der Waals surface area contributed by atoms with E-state index in [0.29, 0.717) is 18.8 Å². The van der Waals surface area contributed by atoms with Crippen LogP contribution in [0.1, 0.15) is 43.5 Å². The molecular weight excluding hydrogens is 390 g/mol. The lowest BCUT2D eigenvalue weighted by Crippen LogP contribution is -2.45. The summed E-state index contributed by atoms with van der Waals surface area (Å²) in [5.41, 5.74) is 9.00. The first-order valence-electron chi connectivity index (χ1n) is 11.6. The average molecular weight is 424 g/mol. The Morgan fingerprint density at radius 1 is 1.13 bits per heavy atom. The minimum atomic E-state index is -0.123. The van der Waals surface area contributed by atoms with E-state index in [2.05, 4.69) is 9.80 Å². The minimum Gasteiger partial charge on any atom is -0.490 e. The molecule has 2 fully saturated rings. The Morgan fingerprint density at radius 3 is 2.61 bits per heavy atom. The number of ether oxygens (including phenoxy) is 1. The molecule has 1 saturated carbocycles. The maximum absolute atomic E-state index is 10.1. The summed E-state index contributed by atoms with van der Waals surface area (Å²) in [7, 11) is 0. The first-order chi connectivity index (χ1) is 15.1. The second-order valence-corrected chi connectivity index (χ2v) is 9.37. The van der Waals surface area contributed by atoms with Gasteiger partial charge in [-0.15, -0.1) is 0 Å². The van der Waals surface area contributed by atoms with E-state index in [1.54, 1.807) is 0 Å². The zero-order chi connectivity index (χ0) is 21.4. The molecule has 2 aliphatic heterocycles. The van der Waals surface area contributed by atoms with Crippen LogP contribution in [0.25, 0.3) is 0 Å². The van der Waals surface area contributed by atoms with Crippen LogP contribution >= 0.6 is 0 Å². The topological polar surface area (TPSA) is 87.7 Å². The molecule has 1 aromatic heterocycles. The lowest BCUT2D eigenvalue weighted by molar-refractivity contribution is 0.196. The van der Waals surface area contributed by atoms with Gasteiger partial charge in [0.1, 0.15) is 18.1 Å². The molecule has 7 heteroatoms. The molecule has 3 heterocycles. The van der Waals surface area contributed by atoms with Gasteiger partial charge in [-0.05, 0) is 56.2 Å². The summed E-state index contributed by atoms with van der Waals surface area (Å²) in [6.07, 6.45) is 6.19. The predicted octanol–water partition coefficient (Wildman–Crippen LogP) is 3.15. The number of aliphatic hydroxyl groups is 1. The molecule has 1 aliphatic carbocycles. The number of fused-ring (bicyclic) bond motifs is 1. The lowest BCUT2D eigenvalue weighted by Gasteiger charge is -2.42. The van der Waals surface area contributed by atoms with Gasteiger partial charge < -0.3 is 25.4 Å². The van der Waals surface area contributed by atoms with E-state index in [-0.39, 0.29) is 12.0 Å². The van der Waals surface area contributed by atoms with Gasteiger partial charge in [0, 0.05) is 13.1 Å². The van der Waals surface area contributed by atoms with E-state index < -0.39 is 0 Å². The molecule has 1 aromatic carbocycles. The van der Waals surface area contributed by atoms with Gasteiger partial charge >= 0.3 is 0 Å². The van der Waals surface area contributed by atoms with Crippen LogP contribution in [0.3, 0.4) is 0 Å². The number of nitrogens with zero attached hydrogens (tertiary/aromatic N) is 4. The first-order valence-corrected chi connectivity index (χ1v) is 11.6. The van der Waals surface area contributed by atoms with E-state index in [1.165, 1.54) is 19.3 Å². The fourth-order valence-corrected chi connectivity index (χ4v) is 5.16. The van der Waals surface area contributed by atoms with Gasteiger partial charge in [-0.3, -0.25) is 0 Å². The molecule has 3 N–H and O–H groups in total. The van der Waals surface area contributed by atoms with Crippen molar-refractivity contribution in [3.05, 3.63) is 35.7 Å². The molecule has 0 atom stereocenters. The van der Waals surface area contributed by atoms with Crippen LogP contribution in [-0.2, 0) is 6.61 Å². The number of aromatic nitrogens is 2. The summed E-state index contributed by atoms with van der Waals surface area (Å²) in [5, 5.41) is 10.1. The van der Waals surface area contributed by atoms with Crippen molar-refractivity contribution in [2.75, 3.05) is 42.6 Å². The SMILES string of the molecule is Cc1nc(N2CCC(CN)(CC3CC3)CC2)c(CO)nc1N1CCOc2ccccc21. The summed E-state index contributed by atoms with van der Waals surface area (Å²) in [6, 6.07) is 8.00. The predicted molar refractivity (Wildman–Crippen MR) is 122 cm³/mol. The lowest BCUT2D eigenvalue weighted by atomic mass is 9.74. The van der Waals surface area contributed by atoms with Gasteiger partial charge in [0.25, 0.3) is 0 Å². The summed E-state index contributed by atoms with van der Waals surface area (Å²) in [4.78, 5) is 14.3. The molecule has 0 bridgehead atoms. The Hall–Kier alpha value is -2.38. The highest BCUT2D eigenvalue weighted by Gasteiger charge is 2.39. The molecule has 0 unspecified atom stereocenters. The van der Waals surface area contributed by atoms with Crippen molar-refractivity contribution < 1.29 is 9.84 Å². The van der Waals surface area contributed by atoms with Gasteiger partial charge in [-0.1, -0.05) is 25.0 Å². The van der Waals surface area contributed by atoms with Crippen LogP contribution in [0.15, 0.2) is 24.3 Å². The minimum absolute atomic E-state index is 0.123. The highest BCUT2D eigenvalue weighted by Crippen LogP contribution is 2.46. The van der Waals surface area contributed by atoms with Gasteiger partial charge in [-0.25, -0.2) is 9.97 Å². The van der Waals surface area contributed by atoms with Crippen LogP contribution in [0.5, 0.6) is 5.75 Å². The Bertz CT molecular complexity index is 938. The number of aryl methyl sites for hydroxylation is 1. The normalized spacial score (nSPS) is 20.4. The molecule has 1 saturated heterocycles. The van der Waals surface area contributed by atoms with Crippen molar-refractivity contribution >= 4 is 17.3 Å². The molecular formula is C24H33N5O2. The Balaban J connectivity index is 1.40. The number of anilines is 3. The van der Waals surface area contributed by atoms with E-state index >= 15 is 0 Å². The molecule has 31 heavy (non-hydrogen) atoms. The monoisotopic (exact) mass is 423 g/mol. The Labute approximate surface area is 184 Å². The largest absolute Gasteiger partial charge is 0.490 e. The Kier molecular flexibility index (Phi) is 5.48. The van der Waals surface area contributed by atoms with Crippen molar-refractivity contribution in [1.29, 1.82) is 0 Å². The zero-order valence-corrected chi connectivity index (χ0v) is 18.4. The van der Waals surface area contributed by atoms with Gasteiger partial charge in [0.05, 0.1) is 24.5 Å². The fourth-order valence-electron chi connectivity index (χ4n) is 5.16. The second kappa shape index (κ2) is 8.28. The molecule has 0 radical (unpaired) electrons. The van der Waals surface area contributed by atoms with E-state index in [4.69, 9.17) is 20.4 Å². The van der Waals surface area contributed by atoms with Crippen molar-refractivity contribution in [1.82, 2.24) is 9.97 Å². The number of piperidine rings is 1. The molecule has 166 valence electrons. The second-order valence-electron chi connectivity index (χ2n) is 9.37. The third-order valence-corrected chi connectivity index (χ3v) is 7.21. The number of benzene rings is 1. The molecule has 0 spiro atoms. The first kappa shape index (κ1) is 20.5. The molecule has 3 aliphatic rings. The summed E-state index contributed by atoms with van der Waals surface area (Å²) >= 11 is 0. The maximum atomic E-state index is 10.1. The molecule has 5 rings (SSSR count). The zero-order valence-electron chi connectivity index (χ0n) is 18.4. The molecule has 7 nitrogen and oxygen atoms in total. The third-order valence-electron chi connectivity index (χ3n) is 7.21. The van der Waals surface area contributed by atoms with Crippen molar-refractivity contribution in [2.45, 2.75) is 45.6 Å². The van der Waals surface area contributed by atoms with Gasteiger partial charge in [-0.2, -0.15) is 0 Å². The van der Waals surface area contributed by atoms with Crippen LogP contribution in [0.4, 0.5) is 17.3 Å². The van der Waals surface area contributed by atoms with Crippen molar-refractivity contribution in [3.8, 4) is 5.75 Å². The standard InChI is InChI=1S/C24H33N5O2/c1-17-22(29-12-13-31-21-5-3-2-4-20(21)29)27-19(15-30)23(26-17)28-10-8-24(16-25,9-11-28)14-18-6-7-18/h2-5,18,30H,6-16,25H2,1H3. The van der Waals surface area contributed by atoms with Crippen LogP contribution in [-0.4, -0.2) is 47.9 Å². The highest BCUT2D eigenvalue weighted by molar-refractivity contribution is 5.70. The number of hydrogen-bond acceptors (Lipinski definition) is 7. The summed E-state index contributed by atoms with van der Waals surface area (Å²) in [5.74, 6) is 3.36. The van der Waals surface area contributed by atoms with Crippen LogP contribution in [0, 0.1) is 18.3 Å². The van der Waals surface area contributed by atoms with E-state index in [1.807, 2.05) is 31.2 Å². The Morgan fingerprint density at radius 2 is 1.90 bits per heavy atom. The smallest absolute Gasteiger partial charge is 0.155 e. The maximum Gasteiger partial charge on any atom is 0.155 e. The average Bonchev–Trinajstić information content (AvgIpc) is 3.63. The van der Waals surface area contributed by atoms with Crippen molar-refractivity contribution in [2.24, 2.45) is 17.1 Å². The van der Waals surface area contributed by atoms with Crippen molar-refractivity contribution in [3.63, 3.8) is 0 Å². The summed E-state index contributed by atoms with van der Waals surface area (Å²) in [6.45, 7) is 5.80. The fraction of sp³-hybridized carbons (Fsp3) is 0.583. The molecule has 0 amide bonds. The third kappa shape index (κ3) is 3.96. The van der Waals surface area contributed by atoms with Gasteiger partial charge in [0.2, 0.25) is 0 Å². The van der Waals surface area contributed by atoms with E-state index in [9.17, 15) is 5.11 Å². The van der Waals surface area contributed by atoms with Crippen LogP contribution in [0.2, 0.25) is 0 Å².